The van der Waals surface area contributed by atoms with E-state index in [1.807, 2.05) is 31.4 Å². The first-order chi connectivity index (χ1) is 10.2. The monoisotopic (exact) mass is 283 g/mol. The number of benzene rings is 1. The summed E-state index contributed by atoms with van der Waals surface area (Å²) in [6.07, 6.45) is 2.91. The molecule has 2 aromatic heterocycles. The minimum atomic E-state index is 0.841. The summed E-state index contributed by atoms with van der Waals surface area (Å²) >= 11 is 0. The van der Waals surface area contributed by atoms with Gasteiger partial charge in [0.25, 0.3) is 0 Å². The van der Waals surface area contributed by atoms with Crippen molar-refractivity contribution in [3.05, 3.63) is 53.5 Å². The van der Waals surface area contributed by atoms with E-state index in [1.165, 1.54) is 16.6 Å². The van der Waals surface area contributed by atoms with E-state index in [2.05, 4.69) is 34.2 Å². The average molecular weight is 283 g/mol. The Morgan fingerprint density at radius 2 is 2.10 bits per heavy atom. The Bertz CT molecular complexity index is 727. The van der Waals surface area contributed by atoms with Crippen molar-refractivity contribution in [2.75, 3.05) is 6.54 Å². The van der Waals surface area contributed by atoms with Crippen molar-refractivity contribution in [1.29, 1.82) is 0 Å². The molecule has 0 saturated carbocycles. The number of aromatic nitrogens is 2. The summed E-state index contributed by atoms with van der Waals surface area (Å²) in [6.45, 7) is 6.90. The molecule has 1 aromatic carbocycles. The molecule has 0 aliphatic heterocycles. The molecule has 2 heterocycles. The lowest BCUT2D eigenvalue weighted by atomic mass is 10.2. The standard InChI is InChI=1S/C17H21N3O/c1-13-10-14(2)20(19-13)9-5-8-18-11-15-12-21-17-7-4-3-6-16(15)17/h3-4,6-7,10,12,18H,5,8-9,11H2,1-2H3. The lowest BCUT2D eigenvalue weighted by molar-refractivity contribution is 0.530. The smallest absolute Gasteiger partial charge is 0.134 e. The van der Waals surface area contributed by atoms with Crippen molar-refractivity contribution in [2.45, 2.75) is 33.4 Å². The third-order valence-electron chi connectivity index (χ3n) is 3.70. The summed E-state index contributed by atoms with van der Waals surface area (Å²) in [5.41, 5.74) is 4.49. The van der Waals surface area contributed by atoms with Crippen molar-refractivity contribution in [2.24, 2.45) is 0 Å². The van der Waals surface area contributed by atoms with Crippen LogP contribution in [-0.2, 0) is 13.1 Å². The van der Waals surface area contributed by atoms with Crippen LogP contribution < -0.4 is 5.32 Å². The maximum Gasteiger partial charge on any atom is 0.134 e. The van der Waals surface area contributed by atoms with Gasteiger partial charge in [0.15, 0.2) is 0 Å². The zero-order valence-corrected chi connectivity index (χ0v) is 12.6. The summed E-state index contributed by atoms with van der Waals surface area (Å²) in [7, 11) is 0. The van der Waals surface area contributed by atoms with Gasteiger partial charge in [-0.05, 0) is 38.9 Å². The molecule has 0 amide bonds. The highest BCUT2D eigenvalue weighted by molar-refractivity contribution is 5.80. The molecule has 0 atom stereocenters. The Morgan fingerprint density at radius 1 is 1.24 bits per heavy atom. The molecule has 0 bridgehead atoms. The first kappa shape index (κ1) is 13.9. The van der Waals surface area contributed by atoms with Gasteiger partial charge in [-0.3, -0.25) is 4.68 Å². The third kappa shape index (κ3) is 3.16. The first-order valence-corrected chi connectivity index (χ1v) is 7.41. The summed E-state index contributed by atoms with van der Waals surface area (Å²) in [5.74, 6) is 0. The normalized spacial score (nSPS) is 11.3. The number of aryl methyl sites for hydroxylation is 3. The molecule has 1 N–H and O–H groups in total. The van der Waals surface area contributed by atoms with Crippen LogP contribution >= 0.6 is 0 Å². The molecule has 0 fully saturated rings. The van der Waals surface area contributed by atoms with Crippen molar-refractivity contribution in [3.8, 4) is 0 Å². The Morgan fingerprint density at radius 3 is 2.90 bits per heavy atom. The van der Waals surface area contributed by atoms with E-state index in [4.69, 9.17) is 4.42 Å². The molecule has 0 radical (unpaired) electrons. The number of nitrogens with one attached hydrogen (secondary N) is 1. The number of hydrogen-bond acceptors (Lipinski definition) is 3. The molecule has 21 heavy (non-hydrogen) atoms. The molecule has 0 saturated heterocycles. The van der Waals surface area contributed by atoms with E-state index in [-0.39, 0.29) is 0 Å². The van der Waals surface area contributed by atoms with Crippen LogP contribution in [0, 0.1) is 13.8 Å². The fourth-order valence-electron chi connectivity index (χ4n) is 2.65. The fraction of sp³-hybridized carbons (Fsp3) is 0.353. The van der Waals surface area contributed by atoms with E-state index in [0.717, 1.165) is 37.3 Å². The highest BCUT2D eigenvalue weighted by atomic mass is 16.3. The Labute approximate surface area is 124 Å². The van der Waals surface area contributed by atoms with E-state index in [1.54, 1.807) is 0 Å². The van der Waals surface area contributed by atoms with Gasteiger partial charge >= 0.3 is 0 Å². The SMILES string of the molecule is Cc1cc(C)n(CCCNCc2coc3ccccc23)n1. The number of rotatable bonds is 6. The number of para-hydroxylation sites is 1. The van der Waals surface area contributed by atoms with Crippen LogP contribution in [0.2, 0.25) is 0 Å². The molecule has 110 valence electrons. The van der Waals surface area contributed by atoms with Crippen molar-refractivity contribution in [1.82, 2.24) is 15.1 Å². The van der Waals surface area contributed by atoms with Gasteiger partial charge in [-0.25, -0.2) is 0 Å². The quantitative estimate of drug-likeness (QED) is 0.705. The van der Waals surface area contributed by atoms with Gasteiger partial charge in [-0.15, -0.1) is 0 Å². The van der Waals surface area contributed by atoms with Crippen LogP contribution in [0.25, 0.3) is 11.0 Å². The van der Waals surface area contributed by atoms with Crippen LogP contribution in [0.5, 0.6) is 0 Å². The molecule has 3 rings (SSSR count). The lowest BCUT2D eigenvalue weighted by Crippen LogP contribution is -2.17. The maximum absolute atomic E-state index is 5.54. The second-order valence-corrected chi connectivity index (χ2v) is 5.44. The molecule has 0 unspecified atom stereocenters. The van der Waals surface area contributed by atoms with Crippen LogP contribution in [0.1, 0.15) is 23.4 Å². The van der Waals surface area contributed by atoms with E-state index < -0.39 is 0 Å². The molecule has 4 heteroatoms. The highest BCUT2D eigenvalue weighted by Gasteiger charge is 2.04. The summed E-state index contributed by atoms with van der Waals surface area (Å²) in [5, 5.41) is 9.15. The number of hydrogen-bond donors (Lipinski definition) is 1. The summed E-state index contributed by atoms with van der Waals surface area (Å²) < 4.78 is 7.61. The van der Waals surface area contributed by atoms with Crippen LogP contribution in [0.3, 0.4) is 0 Å². The Kier molecular flexibility index (Phi) is 4.06. The predicted molar refractivity (Wildman–Crippen MR) is 84.2 cm³/mol. The molecule has 4 nitrogen and oxygen atoms in total. The van der Waals surface area contributed by atoms with E-state index in [9.17, 15) is 0 Å². The predicted octanol–water partition coefficient (Wildman–Crippen LogP) is 3.43. The van der Waals surface area contributed by atoms with Crippen molar-refractivity contribution >= 4 is 11.0 Å². The molecule has 0 spiro atoms. The minimum absolute atomic E-state index is 0.841. The second-order valence-electron chi connectivity index (χ2n) is 5.44. The zero-order chi connectivity index (χ0) is 14.7. The average Bonchev–Trinajstić information content (AvgIpc) is 3.02. The van der Waals surface area contributed by atoms with Gasteiger partial charge in [0.05, 0.1) is 12.0 Å². The molecule has 0 aliphatic rings. The van der Waals surface area contributed by atoms with Crippen molar-refractivity contribution in [3.63, 3.8) is 0 Å². The highest BCUT2D eigenvalue weighted by Crippen LogP contribution is 2.20. The van der Waals surface area contributed by atoms with E-state index >= 15 is 0 Å². The van der Waals surface area contributed by atoms with Crippen molar-refractivity contribution < 1.29 is 4.42 Å². The Hall–Kier alpha value is -2.07. The van der Waals surface area contributed by atoms with Crippen LogP contribution in [-0.4, -0.2) is 16.3 Å². The van der Waals surface area contributed by atoms with Crippen LogP contribution in [0.15, 0.2) is 41.0 Å². The van der Waals surface area contributed by atoms with Gasteiger partial charge in [0, 0.05) is 29.7 Å². The molecular formula is C17H21N3O. The van der Waals surface area contributed by atoms with Gasteiger partial charge in [-0.1, -0.05) is 18.2 Å². The number of fused-ring (bicyclic) bond motifs is 1. The van der Waals surface area contributed by atoms with Gasteiger partial charge in [0.2, 0.25) is 0 Å². The van der Waals surface area contributed by atoms with E-state index in [0.29, 0.717) is 0 Å². The van der Waals surface area contributed by atoms with Gasteiger partial charge in [-0.2, -0.15) is 5.10 Å². The first-order valence-electron chi connectivity index (χ1n) is 7.41. The molecular weight excluding hydrogens is 262 g/mol. The zero-order valence-electron chi connectivity index (χ0n) is 12.6. The number of nitrogens with zero attached hydrogens (tertiary/aromatic N) is 2. The summed E-state index contributed by atoms with van der Waals surface area (Å²) in [4.78, 5) is 0. The second kappa shape index (κ2) is 6.14. The number of furan rings is 1. The summed E-state index contributed by atoms with van der Waals surface area (Å²) in [6, 6.07) is 10.3. The topological polar surface area (TPSA) is 43.0 Å². The van der Waals surface area contributed by atoms with Gasteiger partial charge < -0.3 is 9.73 Å². The fourth-order valence-corrected chi connectivity index (χ4v) is 2.65. The van der Waals surface area contributed by atoms with Gasteiger partial charge in [0.1, 0.15) is 5.58 Å². The minimum Gasteiger partial charge on any atom is -0.464 e. The Balaban J connectivity index is 1.47. The molecule has 0 aliphatic carbocycles. The largest absolute Gasteiger partial charge is 0.464 e. The third-order valence-corrected chi connectivity index (χ3v) is 3.70. The molecule has 3 aromatic rings. The lowest BCUT2D eigenvalue weighted by Gasteiger charge is -2.05. The maximum atomic E-state index is 5.54. The van der Waals surface area contributed by atoms with Crippen LogP contribution in [0.4, 0.5) is 0 Å².